The highest BCUT2D eigenvalue weighted by Gasteiger charge is 2.08. The van der Waals surface area contributed by atoms with E-state index in [1.54, 1.807) is 11.4 Å². The lowest BCUT2D eigenvalue weighted by Gasteiger charge is -2.07. The summed E-state index contributed by atoms with van der Waals surface area (Å²) in [6.07, 6.45) is 0. The highest BCUT2D eigenvalue weighted by Crippen LogP contribution is 2.27. The summed E-state index contributed by atoms with van der Waals surface area (Å²) in [6.45, 7) is 0.511. The molecule has 0 fully saturated rings. The van der Waals surface area contributed by atoms with Gasteiger partial charge in [0, 0.05) is 21.3 Å². The number of imidazole rings is 1. The fourth-order valence-electron chi connectivity index (χ4n) is 1.96. The molecule has 0 aliphatic heterocycles. The third-order valence-corrected chi connectivity index (χ3v) is 4.55. The van der Waals surface area contributed by atoms with Crippen LogP contribution in [0.2, 0.25) is 0 Å². The van der Waals surface area contributed by atoms with Gasteiger partial charge in [-0.15, -0.1) is 11.3 Å². The number of carbonyl (C=O) groups is 1. The minimum atomic E-state index is -0.926. The highest BCUT2D eigenvalue weighted by molar-refractivity contribution is 9.10. The van der Waals surface area contributed by atoms with Gasteiger partial charge in [0.2, 0.25) is 0 Å². The van der Waals surface area contributed by atoms with Crippen molar-refractivity contribution < 1.29 is 9.90 Å². The number of fused-ring (bicyclic) bond motifs is 1. The van der Waals surface area contributed by atoms with Gasteiger partial charge in [0.1, 0.15) is 0 Å². The number of nitrogens with one attached hydrogen (secondary N) is 3. The van der Waals surface area contributed by atoms with Crippen LogP contribution in [0.1, 0.15) is 15.2 Å². The van der Waals surface area contributed by atoms with E-state index in [2.05, 4.69) is 31.2 Å². The molecule has 108 valence electrons. The van der Waals surface area contributed by atoms with Gasteiger partial charge in [-0.25, -0.2) is 9.59 Å². The zero-order valence-corrected chi connectivity index (χ0v) is 13.0. The molecule has 0 aliphatic carbocycles. The zero-order valence-electron chi connectivity index (χ0n) is 10.6. The van der Waals surface area contributed by atoms with Crippen LogP contribution in [0.15, 0.2) is 32.8 Å². The summed E-state index contributed by atoms with van der Waals surface area (Å²) in [5.74, 6) is -0.926. The van der Waals surface area contributed by atoms with E-state index in [9.17, 15) is 9.59 Å². The number of rotatable bonds is 4. The first kappa shape index (κ1) is 13.9. The van der Waals surface area contributed by atoms with Crippen molar-refractivity contribution in [1.82, 2.24) is 9.97 Å². The van der Waals surface area contributed by atoms with Crippen LogP contribution >= 0.6 is 27.3 Å². The molecule has 0 unspecified atom stereocenters. The lowest BCUT2D eigenvalue weighted by atomic mass is 10.2. The first-order valence-electron chi connectivity index (χ1n) is 5.99. The molecule has 0 radical (unpaired) electrons. The van der Waals surface area contributed by atoms with E-state index in [-0.39, 0.29) is 5.69 Å². The smallest absolute Gasteiger partial charge is 0.336 e. The Morgan fingerprint density at radius 3 is 2.67 bits per heavy atom. The number of hydrogen-bond acceptors (Lipinski definition) is 4. The van der Waals surface area contributed by atoms with Gasteiger partial charge in [-0.2, -0.15) is 0 Å². The Balaban J connectivity index is 1.82. The van der Waals surface area contributed by atoms with Crippen molar-refractivity contribution in [3.63, 3.8) is 0 Å². The molecule has 21 heavy (non-hydrogen) atoms. The molecule has 2 heterocycles. The van der Waals surface area contributed by atoms with E-state index in [1.165, 1.54) is 11.3 Å². The van der Waals surface area contributed by atoms with Crippen molar-refractivity contribution in [2.24, 2.45) is 0 Å². The molecule has 0 aliphatic rings. The molecule has 3 aromatic rings. The topological polar surface area (TPSA) is 98.0 Å². The standard InChI is InChI=1S/C13H10BrN3O3S/c14-8-2-10-11(17-13(20)16-10)3-9(8)15-4-7-1-6(5-21-7)12(18)19/h1-3,5,15H,4H2,(H,18,19)(H2,16,17,20). The van der Waals surface area contributed by atoms with Crippen LogP contribution in [0.3, 0.4) is 0 Å². The summed E-state index contributed by atoms with van der Waals surface area (Å²) in [7, 11) is 0. The Morgan fingerprint density at radius 2 is 2.00 bits per heavy atom. The van der Waals surface area contributed by atoms with E-state index in [1.807, 2.05) is 12.1 Å². The predicted molar refractivity (Wildman–Crippen MR) is 85.2 cm³/mol. The third-order valence-electron chi connectivity index (χ3n) is 2.96. The average molecular weight is 368 g/mol. The van der Waals surface area contributed by atoms with Gasteiger partial charge in [0.05, 0.1) is 22.3 Å². The second-order valence-electron chi connectivity index (χ2n) is 4.42. The minimum absolute atomic E-state index is 0.251. The SMILES string of the molecule is O=C(O)c1csc(CNc2cc3[nH]c(=O)[nH]c3cc2Br)c1. The molecule has 0 atom stereocenters. The molecule has 8 heteroatoms. The van der Waals surface area contributed by atoms with E-state index in [4.69, 9.17) is 5.11 Å². The Bertz CT molecular complexity index is 880. The molecule has 0 amide bonds. The normalized spacial score (nSPS) is 10.9. The van der Waals surface area contributed by atoms with E-state index >= 15 is 0 Å². The van der Waals surface area contributed by atoms with Crippen molar-refractivity contribution >= 4 is 50.0 Å². The summed E-state index contributed by atoms with van der Waals surface area (Å²) >= 11 is 4.83. The molecular formula is C13H10BrN3O3S. The van der Waals surface area contributed by atoms with Gasteiger partial charge in [0.15, 0.2) is 0 Å². The number of benzene rings is 1. The lowest BCUT2D eigenvalue weighted by molar-refractivity contribution is 0.0697. The number of hydrogen-bond donors (Lipinski definition) is 4. The van der Waals surface area contributed by atoms with Gasteiger partial charge in [-0.3, -0.25) is 0 Å². The average Bonchev–Trinajstić information content (AvgIpc) is 3.01. The molecule has 0 saturated heterocycles. The highest BCUT2D eigenvalue weighted by atomic mass is 79.9. The molecule has 3 rings (SSSR count). The maximum atomic E-state index is 11.3. The number of carboxylic acids is 1. The molecule has 1 aromatic carbocycles. The predicted octanol–water partition coefficient (Wildman–Crippen LogP) is 2.99. The summed E-state index contributed by atoms with van der Waals surface area (Å²) in [5, 5.41) is 13.7. The van der Waals surface area contributed by atoms with Crippen molar-refractivity contribution in [1.29, 1.82) is 0 Å². The summed E-state index contributed by atoms with van der Waals surface area (Å²) in [6, 6.07) is 5.28. The van der Waals surface area contributed by atoms with Crippen LogP contribution in [0.4, 0.5) is 5.69 Å². The van der Waals surface area contributed by atoms with E-state index in [0.29, 0.717) is 17.6 Å². The number of aromatic amines is 2. The molecule has 6 nitrogen and oxygen atoms in total. The minimum Gasteiger partial charge on any atom is -0.478 e. The van der Waals surface area contributed by atoms with Gasteiger partial charge in [0.25, 0.3) is 0 Å². The second kappa shape index (κ2) is 5.38. The Morgan fingerprint density at radius 1 is 1.29 bits per heavy atom. The Labute approximate surface area is 131 Å². The van der Waals surface area contributed by atoms with Crippen LogP contribution in [-0.2, 0) is 6.54 Å². The largest absolute Gasteiger partial charge is 0.478 e. The van der Waals surface area contributed by atoms with Crippen LogP contribution < -0.4 is 11.0 Å². The third kappa shape index (κ3) is 2.86. The monoisotopic (exact) mass is 367 g/mol. The van der Waals surface area contributed by atoms with Crippen molar-refractivity contribution in [2.75, 3.05) is 5.32 Å². The summed E-state index contributed by atoms with van der Waals surface area (Å²) < 4.78 is 0.820. The molecule has 0 saturated carbocycles. The Kier molecular flexibility index (Phi) is 3.56. The number of anilines is 1. The first-order chi connectivity index (χ1) is 10.0. The maximum absolute atomic E-state index is 11.3. The number of carboxylic acid groups (broad SMARTS) is 1. The van der Waals surface area contributed by atoms with Crippen molar-refractivity contribution in [3.8, 4) is 0 Å². The molecule has 2 aromatic heterocycles. The van der Waals surface area contributed by atoms with Gasteiger partial charge in [-0.1, -0.05) is 0 Å². The van der Waals surface area contributed by atoms with Crippen LogP contribution in [0.5, 0.6) is 0 Å². The molecule has 0 bridgehead atoms. The van der Waals surface area contributed by atoms with Gasteiger partial charge in [-0.05, 0) is 34.1 Å². The van der Waals surface area contributed by atoms with Crippen LogP contribution in [0, 0.1) is 0 Å². The van der Waals surface area contributed by atoms with E-state index in [0.717, 1.165) is 20.6 Å². The lowest BCUT2D eigenvalue weighted by Crippen LogP contribution is -1.99. The van der Waals surface area contributed by atoms with Gasteiger partial charge < -0.3 is 20.4 Å². The Hall–Kier alpha value is -2.06. The van der Waals surface area contributed by atoms with Crippen LogP contribution in [-0.4, -0.2) is 21.0 Å². The second-order valence-corrected chi connectivity index (χ2v) is 6.27. The first-order valence-corrected chi connectivity index (χ1v) is 7.66. The molecule has 0 spiro atoms. The fraction of sp³-hybridized carbons (Fsp3) is 0.0769. The quantitative estimate of drug-likeness (QED) is 0.569. The number of aromatic nitrogens is 2. The number of thiophene rings is 1. The molecular weight excluding hydrogens is 358 g/mol. The van der Waals surface area contributed by atoms with Gasteiger partial charge >= 0.3 is 11.7 Å². The van der Waals surface area contributed by atoms with E-state index < -0.39 is 5.97 Å². The summed E-state index contributed by atoms with van der Waals surface area (Å²) in [4.78, 5) is 28.4. The van der Waals surface area contributed by atoms with Crippen LogP contribution in [0.25, 0.3) is 11.0 Å². The number of H-pyrrole nitrogens is 2. The zero-order chi connectivity index (χ0) is 15.0. The van der Waals surface area contributed by atoms with Crippen molar-refractivity contribution in [3.05, 3.63) is 49.0 Å². The maximum Gasteiger partial charge on any atom is 0.336 e. The fourth-order valence-corrected chi connectivity index (χ4v) is 3.24. The van der Waals surface area contributed by atoms with Crippen molar-refractivity contribution in [2.45, 2.75) is 6.54 Å². The summed E-state index contributed by atoms with van der Waals surface area (Å²) in [5.41, 5.74) is 2.30. The molecule has 4 N–H and O–H groups in total. The number of halogens is 1. The number of aromatic carboxylic acids is 1.